The second-order valence-corrected chi connectivity index (χ2v) is 4.19. The third kappa shape index (κ3) is 6.08. The molecule has 0 amide bonds. The number of pyridine rings is 1. The molecule has 1 heterocycles. The molecule has 0 fully saturated rings. The summed E-state index contributed by atoms with van der Waals surface area (Å²) in [6, 6.07) is 2.79. The van der Waals surface area contributed by atoms with E-state index in [0.29, 0.717) is 24.5 Å². The van der Waals surface area contributed by atoms with E-state index in [0.717, 1.165) is 0 Å². The predicted molar refractivity (Wildman–Crippen MR) is 64.3 cm³/mol. The van der Waals surface area contributed by atoms with Gasteiger partial charge in [-0.1, -0.05) is 0 Å². The van der Waals surface area contributed by atoms with Crippen LogP contribution in [0.15, 0.2) is 12.1 Å². The third-order valence-corrected chi connectivity index (χ3v) is 2.39. The van der Waals surface area contributed by atoms with Crippen LogP contribution >= 0.6 is 0 Å². The van der Waals surface area contributed by atoms with Crippen molar-refractivity contribution in [3.8, 4) is 0 Å². The Morgan fingerprint density at radius 1 is 1.37 bits per heavy atom. The molecule has 2 N–H and O–H groups in total. The highest BCUT2D eigenvalue weighted by Gasteiger charge is 2.25. The Labute approximate surface area is 108 Å². The molecule has 0 atom stereocenters. The number of carboxylic acid groups (broad SMARTS) is 1. The quantitative estimate of drug-likeness (QED) is 0.783. The van der Waals surface area contributed by atoms with Gasteiger partial charge in [0.05, 0.1) is 5.56 Å². The smallest absolute Gasteiger partial charge is 0.389 e. The molecule has 0 aromatic carbocycles. The fraction of sp³-hybridized carbons (Fsp3) is 0.500. The lowest BCUT2D eigenvalue weighted by Crippen LogP contribution is -2.10. The highest BCUT2D eigenvalue weighted by Crippen LogP contribution is 2.22. The number of aryl methyl sites for hydroxylation is 1. The van der Waals surface area contributed by atoms with Gasteiger partial charge >= 0.3 is 12.1 Å². The molecule has 1 aromatic rings. The standard InChI is InChI=1S/C12H15F3N2O2/c1-8-6-9(11(18)19)7-10(17-8)16-5-3-2-4-12(13,14)15/h6-7H,2-5H2,1H3,(H,16,17)(H,18,19). The summed E-state index contributed by atoms with van der Waals surface area (Å²) in [5.74, 6) is -0.699. The molecule has 0 radical (unpaired) electrons. The molecule has 0 saturated carbocycles. The summed E-state index contributed by atoms with van der Waals surface area (Å²) in [6.45, 7) is 1.98. The molecule has 0 aliphatic heterocycles. The number of aromatic nitrogens is 1. The summed E-state index contributed by atoms with van der Waals surface area (Å²) in [5.41, 5.74) is 0.642. The minimum Gasteiger partial charge on any atom is -0.478 e. The molecule has 0 bridgehead atoms. The van der Waals surface area contributed by atoms with Gasteiger partial charge < -0.3 is 10.4 Å². The maximum absolute atomic E-state index is 11.9. The number of anilines is 1. The largest absolute Gasteiger partial charge is 0.478 e. The Morgan fingerprint density at radius 3 is 2.63 bits per heavy atom. The van der Waals surface area contributed by atoms with Gasteiger partial charge in [0.2, 0.25) is 0 Å². The van der Waals surface area contributed by atoms with Crippen LogP contribution < -0.4 is 5.32 Å². The van der Waals surface area contributed by atoms with E-state index in [4.69, 9.17) is 5.11 Å². The maximum atomic E-state index is 11.9. The van der Waals surface area contributed by atoms with E-state index in [1.165, 1.54) is 12.1 Å². The van der Waals surface area contributed by atoms with Crippen LogP contribution in [0, 0.1) is 6.92 Å². The summed E-state index contributed by atoms with van der Waals surface area (Å²) in [7, 11) is 0. The van der Waals surface area contributed by atoms with E-state index in [1.54, 1.807) is 6.92 Å². The Balaban J connectivity index is 2.43. The van der Waals surface area contributed by atoms with Gasteiger partial charge in [-0.25, -0.2) is 9.78 Å². The van der Waals surface area contributed by atoms with Crippen LogP contribution in [0.25, 0.3) is 0 Å². The van der Waals surface area contributed by atoms with Crippen LogP contribution in [0.2, 0.25) is 0 Å². The van der Waals surface area contributed by atoms with Gasteiger partial charge in [-0.2, -0.15) is 13.2 Å². The minimum absolute atomic E-state index is 0.0358. The number of alkyl halides is 3. The van der Waals surface area contributed by atoms with E-state index in [2.05, 4.69) is 10.3 Å². The summed E-state index contributed by atoms with van der Waals surface area (Å²) >= 11 is 0. The van der Waals surface area contributed by atoms with Crippen LogP contribution in [0.3, 0.4) is 0 Å². The molecular weight excluding hydrogens is 261 g/mol. The van der Waals surface area contributed by atoms with Crippen LogP contribution in [-0.4, -0.2) is 28.8 Å². The molecule has 0 saturated heterocycles. The van der Waals surface area contributed by atoms with Crippen LogP contribution in [-0.2, 0) is 0 Å². The fourth-order valence-corrected chi connectivity index (χ4v) is 1.55. The van der Waals surface area contributed by atoms with Gasteiger partial charge in [-0.15, -0.1) is 0 Å². The molecule has 7 heteroatoms. The number of nitrogens with one attached hydrogen (secondary N) is 1. The monoisotopic (exact) mass is 276 g/mol. The van der Waals surface area contributed by atoms with Gasteiger partial charge in [0, 0.05) is 18.7 Å². The Morgan fingerprint density at radius 2 is 2.05 bits per heavy atom. The zero-order valence-electron chi connectivity index (χ0n) is 10.4. The summed E-state index contributed by atoms with van der Waals surface area (Å²) in [5, 5.41) is 11.7. The second-order valence-electron chi connectivity index (χ2n) is 4.19. The van der Waals surface area contributed by atoms with Crippen molar-refractivity contribution < 1.29 is 23.1 Å². The summed E-state index contributed by atoms with van der Waals surface area (Å²) in [4.78, 5) is 14.9. The van der Waals surface area contributed by atoms with E-state index < -0.39 is 18.6 Å². The molecule has 1 aromatic heterocycles. The number of hydrogen-bond acceptors (Lipinski definition) is 3. The number of nitrogens with zero attached hydrogens (tertiary/aromatic N) is 1. The first-order chi connectivity index (χ1) is 8.78. The normalized spacial score (nSPS) is 11.4. The van der Waals surface area contributed by atoms with Gasteiger partial charge in [0.1, 0.15) is 5.82 Å². The number of unbranched alkanes of at least 4 members (excludes halogenated alkanes) is 1. The van der Waals surface area contributed by atoms with Crippen molar-refractivity contribution in [3.63, 3.8) is 0 Å². The average molecular weight is 276 g/mol. The minimum atomic E-state index is -4.13. The molecule has 106 valence electrons. The number of rotatable bonds is 6. The highest BCUT2D eigenvalue weighted by atomic mass is 19.4. The lowest BCUT2D eigenvalue weighted by Gasteiger charge is -2.08. The topological polar surface area (TPSA) is 62.2 Å². The average Bonchev–Trinajstić information content (AvgIpc) is 2.26. The van der Waals surface area contributed by atoms with Crippen molar-refractivity contribution in [3.05, 3.63) is 23.4 Å². The molecule has 4 nitrogen and oxygen atoms in total. The summed E-state index contributed by atoms with van der Waals surface area (Å²) < 4.78 is 35.7. The highest BCUT2D eigenvalue weighted by molar-refractivity contribution is 5.88. The van der Waals surface area contributed by atoms with Gasteiger partial charge in [-0.3, -0.25) is 0 Å². The van der Waals surface area contributed by atoms with E-state index in [-0.39, 0.29) is 12.0 Å². The zero-order valence-corrected chi connectivity index (χ0v) is 10.4. The number of carboxylic acids is 1. The molecule has 0 unspecified atom stereocenters. The van der Waals surface area contributed by atoms with Crippen molar-refractivity contribution in [2.24, 2.45) is 0 Å². The van der Waals surface area contributed by atoms with Crippen molar-refractivity contribution in [2.75, 3.05) is 11.9 Å². The molecule has 0 spiro atoms. The van der Waals surface area contributed by atoms with Gasteiger partial charge in [0.25, 0.3) is 0 Å². The number of halogens is 3. The molecule has 1 rings (SSSR count). The second kappa shape index (κ2) is 6.40. The molecule has 0 aliphatic rings. The number of aromatic carboxylic acids is 1. The zero-order chi connectivity index (χ0) is 14.5. The molecular formula is C12H15F3N2O2. The Bertz CT molecular complexity index is 447. The molecule has 0 aliphatic carbocycles. The maximum Gasteiger partial charge on any atom is 0.389 e. The van der Waals surface area contributed by atoms with E-state index >= 15 is 0 Å². The van der Waals surface area contributed by atoms with Gasteiger partial charge in [-0.05, 0) is 31.9 Å². The first kappa shape index (κ1) is 15.3. The van der Waals surface area contributed by atoms with Crippen LogP contribution in [0.4, 0.5) is 19.0 Å². The van der Waals surface area contributed by atoms with Crippen LogP contribution in [0.1, 0.15) is 35.3 Å². The van der Waals surface area contributed by atoms with E-state index in [1.807, 2.05) is 0 Å². The van der Waals surface area contributed by atoms with Crippen LogP contribution in [0.5, 0.6) is 0 Å². The van der Waals surface area contributed by atoms with Crippen molar-refractivity contribution in [2.45, 2.75) is 32.4 Å². The summed E-state index contributed by atoms with van der Waals surface area (Å²) in [6.07, 6.45) is -4.56. The van der Waals surface area contributed by atoms with Gasteiger partial charge in [0.15, 0.2) is 0 Å². The lowest BCUT2D eigenvalue weighted by atomic mass is 10.2. The molecule has 19 heavy (non-hydrogen) atoms. The first-order valence-electron chi connectivity index (χ1n) is 5.80. The van der Waals surface area contributed by atoms with Crippen molar-refractivity contribution in [1.82, 2.24) is 4.98 Å². The first-order valence-corrected chi connectivity index (χ1v) is 5.80. The SMILES string of the molecule is Cc1cc(C(=O)O)cc(NCCCCC(F)(F)F)n1. The van der Waals surface area contributed by atoms with Crippen molar-refractivity contribution >= 4 is 11.8 Å². The predicted octanol–water partition coefficient (Wildman–Crippen LogP) is 3.23. The van der Waals surface area contributed by atoms with Crippen molar-refractivity contribution in [1.29, 1.82) is 0 Å². The Hall–Kier alpha value is -1.79. The number of carbonyl (C=O) groups is 1. The Kier molecular flexibility index (Phi) is 5.14. The third-order valence-electron chi connectivity index (χ3n) is 2.39. The lowest BCUT2D eigenvalue weighted by molar-refractivity contribution is -0.135. The van der Waals surface area contributed by atoms with E-state index in [9.17, 15) is 18.0 Å². The fourth-order valence-electron chi connectivity index (χ4n) is 1.55. The number of hydrogen-bond donors (Lipinski definition) is 2.